The lowest BCUT2D eigenvalue weighted by Gasteiger charge is -2.18. The van der Waals surface area contributed by atoms with Crippen molar-refractivity contribution < 1.29 is 5.11 Å². The topological polar surface area (TPSA) is 58.0 Å². The van der Waals surface area contributed by atoms with Gasteiger partial charge in [-0.1, -0.05) is 65.1 Å². The number of aromatic nitrogens is 2. The quantitative estimate of drug-likeness (QED) is 0.672. The van der Waals surface area contributed by atoms with Gasteiger partial charge in [-0.2, -0.15) is 9.36 Å². The van der Waals surface area contributed by atoms with Crippen LogP contribution in [0.15, 0.2) is 30.3 Å². The molecule has 1 atom stereocenters. The van der Waals surface area contributed by atoms with E-state index in [9.17, 15) is 5.11 Å². The van der Waals surface area contributed by atoms with E-state index in [0.717, 1.165) is 17.1 Å². The van der Waals surface area contributed by atoms with Crippen LogP contribution < -0.4 is 5.32 Å². The van der Waals surface area contributed by atoms with Crippen molar-refractivity contribution in [2.45, 2.75) is 10.0 Å². The van der Waals surface area contributed by atoms with Crippen LogP contribution in [0.2, 0.25) is 0 Å². The molecule has 0 aliphatic carbocycles. The number of hydrogen-bond donors (Lipinski definition) is 2. The average Bonchev–Trinajstić information content (AvgIpc) is 2.77. The van der Waals surface area contributed by atoms with Gasteiger partial charge in [0.1, 0.15) is 0 Å². The second-order valence-electron chi connectivity index (χ2n) is 3.38. The highest BCUT2D eigenvalue weighted by molar-refractivity contribution is 7.09. The Kier molecular flexibility index (Phi) is 4.29. The maximum absolute atomic E-state index is 9.55. The number of benzene rings is 1. The maximum Gasteiger partial charge on any atom is 0.234 e. The Morgan fingerprint density at radius 1 is 1.22 bits per heavy atom. The van der Waals surface area contributed by atoms with Crippen LogP contribution in [-0.2, 0) is 0 Å². The summed E-state index contributed by atoms with van der Waals surface area (Å²) in [7, 11) is 0. The van der Waals surface area contributed by atoms with E-state index in [2.05, 4.69) is 14.7 Å². The molecule has 1 unspecified atom stereocenters. The highest BCUT2D eigenvalue weighted by Gasteiger charge is 2.31. The Hall–Kier alpha value is -0.590. The van der Waals surface area contributed by atoms with Gasteiger partial charge in [-0.15, -0.1) is 0 Å². The number of halogens is 3. The standard InChI is InChI=1S/C10H8Cl3N3OS/c11-10(12,13)8(17)15-9-14-7(16-18-9)6-4-2-1-3-5-6/h1-5,8,17H,(H,14,15,16). The summed E-state index contributed by atoms with van der Waals surface area (Å²) in [4.78, 5) is 4.19. The van der Waals surface area contributed by atoms with E-state index < -0.39 is 10.0 Å². The first-order chi connectivity index (χ1) is 8.47. The molecule has 1 aromatic carbocycles. The van der Waals surface area contributed by atoms with Gasteiger partial charge in [-0.25, -0.2) is 0 Å². The zero-order valence-electron chi connectivity index (χ0n) is 8.85. The minimum Gasteiger partial charge on any atom is -0.369 e. The molecular formula is C10H8Cl3N3OS. The third-order valence-corrected chi connectivity index (χ3v) is 3.29. The van der Waals surface area contributed by atoms with Crippen LogP contribution in [0, 0.1) is 0 Å². The van der Waals surface area contributed by atoms with Crippen molar-refractivity contribution in [2.75, 3.05) is 5.32 Å². The Bertz CT molecular complexity index is 515. The zero-order chi connectivity index (χ0) is 13.2. The summed E-state index contributed by atoms with van der Waals surface area (Å²) in [5, 5.41) is 12.5. The third-order valence-electron chi connectivity index (χ3n) is 2.03. The Morgan fingerprint density at radius 3 is 2.50 bits per heavy atom. The van der Waals surface area contributed by atoms with E-state index in [0.29, 0.717) is 11.0 Å². The van der Waals surface area contributed by atoms with E-state index in [1.807, 2.05) is 30.3 Å². The monoisotopic (exact) mass is 323 g/mol. The maximum atomic E-state index is 9.55. The number of aliphatic hydroxyl groups is 1. The predicted octanol–water partition coefficient (Wildman–Crippen LogP) is 3.31. The molecule has 96 valence electrons. The predicted molar refractivity (Wildman–Crippen MR) is 75.3 cm³/mol. The van der Waals surface area contributed by atoms with Gasteiger partial charge in [0.05, 0.1) is 0 Å². The van der Waals surface area contributed by atoms with Gasteiger partial charge in [0.2, 0.25) is 8.92 Å². The lowest BCUT2D eigenvalue weighted by Crippen LogP contribution is -2.33. The fourth-order valence-corrected chi connectivity index (χ4v) is 1.96. The van der Waals surface area contributed by atoms with Crippen molar-refractivity contribution >= 4 is 51.5 Å². The molecule has 0 aliphatic rings. The number of nitrogens with one attached hydrogen (secondary N) is 1. The second-order valence-corrected chi connectivity index (χ2v) is 6.50. The summed E-state index contributed by atoms with van der Waals surface area (Å²) < 4.78 is 2.33. The van der Waals surface area contributed by atoms with E-state index in [1.54, 1.807) is 0 Å². The third kappa shape index (κ3) is 3.46. The molecule has 2 aromatic rings. The molecular weight excluding hydrogens is 317 g/mol. The molecule has 1 heterocycles. The second kappa shape index (κ2) is 5.59. The molecule has 0 spiro atoms. The molecule has 0 saturated heterocycles. The fourth-order valence-electron chi connectivity index (χ4n) is 1.19. The van der Waals surface area contributed by atoms with Crippen molar-refractivity contribution in [1.82, 2.24) is 9.36 Å². The van der Waals surface area contributed by atoms with Gasteiger partial charge < -0.3 is 10.4 Å². The summed E-state index contributed by atoms with van der Waals surface area (Å²) in [6.45, 7) is 0. The van der Waals surface area contributed by atoms with Gasteiger partial charge in [0.25, 0.3) is 0 Å². The SMILES string of the molecule is OC(Nc1nc(-c2ccccc2)ns1)C(Cl)(Cl)Cl. The molecule has 0 aliphatic heterocycles. The van der Waals surface area contributed by atoms with Crippen LogP contribution in [0.25, 0.3) is 11.4 Å². The Morgan fingerprint density at radius 2 is 1.89 bits per heavy atom. The largest absolute Gasteiger partial charge is 0.369 e. The van der Waals surface area contributed by atoms with Gasteiger partial charge >= 0.3 is 0 Å². The Balaban J connectivity index is 2.12. The van der Waals surface area contributed by atoms with Crippen molar-refractivity contribution in [3.63, 3.8) is 0 Å². The summed E-state index contributed by atoms with van der Waals surface area (Å²) >= 11 is 17.7. The van der Waals surface area contributed by atoms with Crippen LogP contribution in [0.3, 0.4) is 0 Å². The van der Waals surface area contributed by atoms with Crippen LogP contribution in [0.4, 0.5) is 5.13 Å². The lowest BCUT2D eigenvalue weighted by molar-refractivity contribution is 0.208. The average molecular weight is 325 g/mol. The molecule has 0 fully saturated rings. The smallest absolute Gasteiger partial charge is 0.234 e. The highest BCUT2D eigenvalue weighted by atomic mass is 35.6. The normalized spacial score (nSPS) is 13.3. The first-order valence-electron chi connectivity index (χ1n) is 4.87. The number of hydrogen-bond acceptors (Lipinski definition) is 5. The molecule has 4 nitrogen and oxygen atoms in total. The van der Waals surface area contributed by atoms with Crippen molar-refractivity contribution in [3.8, 4) is 11.4 Å². The summed E-state index contributed by atoms with van der Waals surface area (Å²) in [5.74, 6) is 0.555. The number of nitrogens with zero attached hydrogens (tertiary/aromatic N) is 2. The summed E-state index contributed by atoms with van der Waals surface area (Å²) in [6, 6.07) is 9.45. The number of aliphatic hydroxyl groups excluding tert-OH is 1. The van der Waals surface area contributed by atoms with Gasteiger partial charge in [0.15, 0.2) is 12.1 Å². The van der Waals surface area contributed by atoms with Crippen LogP contribution in [0.5, 0.6) is 0 Å². The highest BCUT2D eigenvalue weighted by Crippen LogP contribution is 2.31. The molecule has 18 heavy (non-hydrogen) atoms. The summed E-state index contributed by atoms with van der Waals surface area (Å²) in [5.41, 5.74) is 0.880. The van der Waals surface area contributed by atoms with E-state index in [-0.39, 0.29) is 0 Å². The molecule has 2 rings (SSSR count). The minimum atomic E-state index is -1.82. The zero-order valence-corrected chi connectivity index (χ0v) is 11.9. The van der Waals surface area contributed by atoms with E-state index >= 15 is 0 Å². The summed E-state index contributed by atoms with van der Waals surface area (Å²) in [6.07, 6.45) is -1.35. The molecule has 0 bridgehead atoms. The molecule has 0 amide bonds. The molecule has 2 N–H and O–H groups in total. The van der Waals surface area contributed by atoms with Crippen LogP contribution in [0.1, 0.15) is 0 Å². The van der Waals surface area contributed by atoms with E-state index in [1.165, 1.54) is 0 Å². The minimum absolute atomic E-state index is 0.382. The van der Waals surface area contributed by atoms with Crippen molar-refractivity contribution in [1.29, 1.82) is 0 Å². The van der Waals surface area contributed by atoms with E-state index in [4.69, 9.17) is 34.8 Å². The molecule has 1 aromatic heterocycles. The molecule has 0 radical (unpaired) electrons. The van der Waals surface area contributed by atoms with Gasteiger partial charge in [-0.3, -0.25) is 0 Å². The molecule has 0 saturated carbocycles. The molecule has 8 heteroatoms. The Labute approximate surface area is 123 Å². The van der Waals surface area contributed by atoms with Crippen LogP contribution in [-0.4, -0.2) is 24.5 Å². The van der Waals surface area contributed by atoms with Crippen molar-refractivity contribution in [3.05, 3.63) is 30.3 Å². The van der Waals surface area contributed by atoms with Crippen LogP contribution >= 0.6 is 46.3 Å². The van der Waals surface area contributed by atoms with Gasteiger partial charge in [0, 0.05) is 17.1 Å². The van der Waals surface area contributed by atoms with Crippen molar-refractivity contribution in [2.24, 2.45) is 0 Å². The fraction of sp³-hybridized carbons (Fsp3) is 0.200. The lowest BCUT2D eigenvalue weighted by atomic mass is 10.2. The first kappa shape index (κ1) is 13.8. The number of anilines is 1. The van der Waals surface area contributed by atoms with Gasteiger partial charge in [-0.05, 0) is 0 Å². The number of alkyl halides is 3. The number of rotatable bonds is 3. The first-order valence-corrected chi connectivity index (χ1v) is 6.78.